The van der Waals surface area contributed by atoms with Crippen molar-refractivity contribution in [3.8, 4) is 0 Å². The summed E-state index contributed by atoms with van der Waals surface area (Å²) in [7, 11) is 0. The van der Waals surface area contributed by atoms with Gasteiger partial charge in [0, 0.05) is 62.0 Å². The molecule has 4 rings (SSSR count). The van der Waals surface area contributed by atoms with Crippen molar-refractivity contribution in [3.63, 3.8) is 0 Å². The first-order valence-electron chi connectivity index (χ1n) is 10.6. The predicted molar refractivity (Wildman–Crippen MR) is 121 cm³/mol. The molecular weight excluding hydrogens is 374 g/mol. The van der Waals surface area contributed by atoms with Gasteiger partial charge in [-0.1, -0.05) is 23.8 Å². The summed E-state index contributed by atoms with van der Waals surface area (Å²) in [4.78, 5) is 31.2. The zero-order valence-electron chi connectivity index (χ0n) is 17.8. The molecular formula is C25H29N3O2. The second kappa shape index (κ2) is 8.34. The molecule has 1 unspecified atom stereocenters. The van der Waals surface area contributed by atoms with Crippen molar-refractivity contribution in [2.75, 3.05) is 42.5 Å². The van der Waals surface area contributed by atoms with Gasteiger partial charge in [0.15, 0.2) is 0 Å². The molecule has 0 aliphatic carbocycles. The van der Waals surface area contributed by atoms with E-state index in [9.17, 15) is 9.59 Å². The summed E-state index contributed by atoms with van der Waals surface area (Å²) in [6.07, 6.45) is 2.35. The van der Waals surface area contributed by atoms with Gasteiger partial charge in [-0.25, -0.2) is 0 Å². The summed E-state index contributed by atoms with van der Waals surface area (Å²) in [5.74, 6) is 0.368. The summed E-state index contributed by atoms with van der Waals surface area (Å²) < 4.78 is 0. The highest BCUT2D eigenvalue weighted by Gasteiger charge is 2.29. The number of hydrogen-bond donors (Lipinski definition) is 0. The molecule has 0 radical (unpaired) electrons. The standard InChI is InChI=1S/C25H29N3O2/c1-4-20-16-24(29)28(17-20)22-8-6-21(7-9-22)25(30)27-13-11-26(12-14-27)23-10-5-18(2)15-19(23)3/h4-10,15,20H,1,11-14,16-17H2,2-3H3. The quantitative estimate of drug-likeness (QED) is 0.730. The van der Waals surface area contributed by atoms with Crippen LogP contribution >= 0.6 is 0 Å². The van der Waals surface area contributed by atoms with Crippen LogP contribution < -0.4 is 9.80 Å². The molecule has 5 nitrogen and oxygen atoms in total. The van der Waals surface area contributed by atoms with Crippen LogP contribution in [0.25, 0.3) is 0 Å². The van der Waals surface area contributed by atoms with E-state index < -0.39 is 0 Å². The topological polar surface area (TPSA) is 43.9 Å². The number of nitrogens with zero attached hydrogens (tertiary/aromatic N) is 3. The minimum absolute atomic E-state index is 0.0542. The van der Waals surface area contributed by atoms with E-state index in [-0.39, 0.29) is 17.7 Å². The van der Waals surface area contributed by atoms with Gasteiger partial charge in [-0.2, -0.15) is 0 Å². The minimum atomic E-state index is 0.0542. The third kappa shape index (κ3) is 3.97. The molecule has 2 aliphatic heterocycles. The number of rotatable bonds is 4. The lowest BCUT2D eigenvalue weighted by atomic mass is 10.1. The molecule has 0 saturated carbocycles. The van der Waals surface area contributed by atoms with Gasteiger partial charge in [-0.05, 0) is 49.7 Å². The van der Waals surface area contributed by atoms with E-state index in [4.69, 9.17) is 0 Å². The lowest BCUT2D eigenvalue weighted by Crippen LogP contribution is -2.49. The maximum Gasteiger partial charge on any atom is 0.253 e. The molecule has 0 spiro atoms. The first-order chi connectivity index (χ1) is 14.5. The van der Waals surface area contributed by atoms with Gasteiger partial charge in [-0.3, -0.25) is 9.59 Å². The van der Waals surface area contributed by atoms with Crippen LogP contribution in [0.1, 0.15) is 27.9 Å². The van der Waals surface area contributed by atoms with Crippen LogP contribution in [-0.2, 0) is 4.79 Å². The minimum Gasteiger partial charge on any atom is -0.368 e. The van der Waals surface area contributed by atoms with Gasteiger partial charge in [-0.15, -0.1) is 6.58 Å². The Kier molecular flexibility index (Phi) is 5.62. The van der Waals surface area contributed by atoms with Gasteiger partial charge in [0.2, 0.25) is 5.91 Å². The first kappa shape index (κ1) is 20.2. The molecule has 30 heavy (non-hydrogen) atoms. The van der Waals surface area contributed by atoms with Gasteiger partial charge < -0.3 is 14.7 Å². The fourth-order valence-electron chi connectivity index (χ4n) is 4.42. The summed E-state index contributed by atoms with van der Waals surface area (Å²) in [6, 6.07) is 14.0. The van der Waals surface area contributed by atoms with Crippen molar-refractivity contribution in [1.82, 2.24) is 4.90 Å². The molecule has 156 valence electrons. The zero-order valence-corrected chi connectivity index (χ0v) is 17.8. The Hall–Kier alpha value is -3.08. The maximum atomic E-state index is 13.0. The van der Waals surface area contributed by atoms with Crippen LogP contribution in [0.2, 0.25) is 0 Å². The van der Waals surface area contributed by atoms with Crippen LogP contribution in [0.4, 0.5) is 11.4 Å². The van der Waals surface area contributed by atoms with Gasteiger partial charge in [0.25, 0.3) is 5.91 Å². The van der Waals surface area contributed by atoms with Crippen molar-refractivity contribution in [2.24, 2.45) is 5.92 Å². The molecule has 2 heterocycles. The second-order valence-corrected chi connectivity index (χ2v) is 8.32. The van der Waals surface area contributed by atoms with E-state index in [1.807, 2.05) is 35.2 Å². The van der Waals surface area contributed by atoms with Gasteiger partial charge in [0.1, 0.15) is 0 Å². The molecule has 2 fully saturated rings. The average Bonchev–Trinajstić information content (AvgIpc) is 3.14. The third-order valence-electron chi connectivity index (χ3n) is 6.17. The molecule has 2 aliphatic rings. The molecule has 2 aromatic carbocycles. The lowest BCUT2D eigenvalue weighted by Gasteiger charge is -2.37. The number of hydrogen-bond acceptors (Lipinski definition) is 3. The van der Waals surface area contributed by atoms with Crippen LogP contribution in [0, 0.1) is 19.8 Å². The summed E-state index contributed by atoms with van der Waals surface area (Å²) in [6.45, 7) is 11.8. The Balaban J connectivity index is 1.38. The number of carbonyl (C=O) groups is 2. The zero-order chi connectivity index (χ0) is 21.3. The molecule has 2 aromatic rings. The number of anilines is 2. The highest BCUT2D eigenvalue weighted by molar-refractivity contribution is 5.98. The maximum absolute atomic E-state index is 13.0. The van der Waals surface area contributed by atoms with Crippen molar-refractivity contribution in [3.05, 3.63) is 71.8 Å². The highest BCUT2D eigenvalue weighted by atomic mass is 16.2. The van der Waals surface area contributed by atoms with Crippen LogP contribution in [0.15, 0.2) is 55.1 Å². The molecule has 0 aromatic heterocycles. The monoisotopic (exact) mass is 403 g/mol. The Bertz CT molecular complexity index is 959. The normalized spacial score (nSPS) is 19.3. The van der Waals surface area contributed by atoms with Crippen molar-refractivity contribution in [2.45, 2.75) is 20.3 Å². The number of piperazine rings is 1. The molecule has 5 heteroatoms. The average molecular weight is 404 g/mol. The molecule has 1 atom stereocenters. The van der Waals surface area contributed by atoms with Crippen molar-refractivity contribution < 1.29 is 9.59 Å². The van der Waals surface area contributed by atoms with Crippen molar-refractivity contribution in [1.29, 1.82) is 0 Å². The van der Waals surface area contributed by atoms with E-state index in [0.717, 1.165) is 18.8 Å². The summed E-state index contributed by atoms with van der Waals surface area (Å²) >= 11 is 0. The van der Waals surface area contributed by atoms with Gasteiger partial charge >= 0.3 is 0 Å². The Morgan fingerprint density at radius 3 is 2.33 bits per heavy atom. The predicted octanol–water partition coefficient (Wildman–Crippen LogP) is 3.80. The molecule has 0 bridgehead atoms. The van der Waals surface area contributed by atoms with Crippen LogP contribution in [0.5, 0.6) is 0 Å². The van der Waals surface area contributed by atoms with Crippen LogP contribution in [-0.4, -0.2) is 49.4 Å². The van der Waals surface area contributed by atoms with Crippen molar-refractivity contribution >= 4 is 23.2 Å². The van der Waals surface area contributed by atoms with E-state index >= 15 is 0 Å². The number of carbonyl (C=O) groups excluding carboxylic acids is 2. The van der Waals surface area contributed by atoms with Crippen LogP contribution in [0.3, 0.4) is 0 Å². The molecule has 2 amide bonds. The van der Waals surface area contributed by atoms with E-state index in [1.165, 1.54) is 16.8 Å². The number of benzene rings is 2. The fourth-order valence-corrected chi connectivity index (χ4v) is 4.42. The SMILES string of the molecule is C=CC1CC(=O)N(c2ccc(C(=O)N3CCN(c4ccc(C)cc4C)CC3)cc2)C1. The Morgan fingerprint density at radius 2 is 1.73 bits per heavy atom. The summed E-state index contributed by atoms with van der Waals surface area (Å²) in [5, 5.41) is 0. The van der Waals surface area contributed by atoms with Gasteiger partial charge in [0.05, 0.1) is 0 Å². The molecule has 0 N–H and O–H groups in total. The van der Waals surface area contributed by atoms with E-state index in [1.54, 1.807) is 4.90 Å². The highest BCUT2D eigenvalue weighted by Crippen LogP contribution is 2.27. The Morgan fingerprint density at radius 1 is 1.03 bits per heavy atom. The second-order valence-electron chi connectivity index (χ2n) is 8.32. The largest absolute Gasteiger partial charge is 0.368 e. The fraction of sp³-hybridized carbons (Fsp3) is 0.360. The molecule has 2 saturated heterocycles. The smallest absolute Gasteiger partial charge is 0.253 e. The number of aryl methyl sites for hydroxylation is 2. The van der Waals surface area contributed by atoms with E-state index in [0.29, 0.717) is 31.6 Å². The van der Waals surface area contributed by atoms with E-state index in [2.05, 4.69) is 43.5 Å². The third-order valence-corrected chi connectivity index (χ3v) is 6.17. The number of amides is 2. The first-order valence-corrected chi connectivity index (χ1v) is 10.6. The summed E-state index contributed by atoms with van der Waals surface area (Å²) in [5.41, 5.74) is 5.32. The lowest BCUT2D eigenvalue weighted by molar-refractivity contribution is -0.117. The Labute approximate surface area is 178 Å².